The number of nitrogens with zero attached hydrogens (tertiary/aromatic N) is 3. The van der Waals surface area contributed by atoms with E-state index in [1.165, 1.54) is 18.2 Å². The van der Waals surface area contributed by atoms with Gasteiger partial charge >= 0.3 is 0 Å². The summed E-state index contributed by atoms with van der Waals surface area (Å²) >= 11 is 0. The molecule has 1 aliphatic heterocycles. The molecule has 0 spiro atoms. The molecule has 1 aliphatic rings. The molecule has 2 aromatic carbocycles. The van der Waals surface area contributed by atoms with E-state index < -0.39 is 23.0 Å². The van der Waals surface area contributed by atoms with Crippen molar-refractivity contribution in [3.63, 3.8) is 0 Å². The second kappa shape index (κ2) is 10.3. The van der Waals surface area contributed by atoms with E-state index in [0.717, 1.165) is 10.5 Å². The molecule has 3 amide bonds. The number of carbonyl (C=O) groups is 3. The molecule has 0 N–H and O–H groups in total. The van der Waals surface area contributed by atoms with Crippen LogP contribution in [0.1, 0.15) is 42.5 Å². The van der Waals surface area contributed by atoms with Crippen molar-refractivity contribution in [3.05, 3.63) is 95.6 Å². The Labute approximate surface area is 209 Å². The molecule has 0 aliphatic carbocycles. The van der Waals surface area contributed by atoms with Gasteiger partial charge in [-0.25, -0.2) is 4.39 Å². The van der Waals surface area contributed by atoms with Crippen LogP contribution >= 0.6 is 0 Å². The zero-order chi connectivity index (χ0) is 25.9. The zero-order valence-electron chi connectivity index (χ0n) is 20.5. The van der Waals surface area contributed by atoms with Crippen molar-refractivity contribution < 1.29 is 23.5 Å². The summed E-state index contributed by atoms with van der Waals surface area (Å²) in [5.41, 5.74) is 0.393. The maximum atomic E-state index is 14.2. The molecule has 8 heteroatoms. The summed E-state index contributed by atoms with van der Waals surface area (Å²) in [5.74, 6) is -1.08. The van der Waals surface area contributed by atoms with E-state index >= 15 is 0 Å². The fourth-order valence-electron chi connectivity index (χ4n) is 4.59. The third-order valence-electron chi connectivity index (χ3n) is 6.87. The van der Waals surface area contributed by atoms with E-state index in [1.54, 1.807) is 49.7 Å². The zero-order valence-corrected chi connectivity index (χ0v) is 20.5. The molecule has 1 saturated heterocycles. The fraction of sp³-hybridized carbons (Fsp3) is 0.286. The lowest BCUT2D eigenvalue weighted by molar-refractivity contribution is -0.143. The largest absolute Gasteiger partial charge is 0.497 e. The van der Waals surface area contributed by atoms with Crippen LogP contribution in [0.2, 0.25) is 0 Å². The molecular weight excluding hydrogens is 461 g/mol. The van der Waals surface area contributed by atoms with Gasteiger partial charge in [0, 0.05) is 32.3 Å². The van der Waals surface area contributed by atoms with Crippen LogP contribution in [0, 0.1) is 5.82 Å². The Morgan fingerprint density at radius 1 is 1.17 bits per heavy atom. The number of hydrogen-bond acceptors (Lipinski definition) is 5. The van der Waals surface area contributed by atoms with Crippen molar-refractivity contribution in [3.8, 4) is 5.75 Å². The molecule has 0 bridgehead atoms. The van der Waals surface area contributed by atoms with Gasteiger partial charge < -0.3 is 9.64 Å². The van der Waals surface area contributed by atoms with Crippen LogP contribution < -0.4 is 4.74 Å². The highest BCUT2D eigenvalue weighted by Gasteiger charge is 2.54. The van der Waals surface area contributed by atoms with Crippen LogP contribution in [0.5, 0.6) is 5.75 Å². The Hall–Kier alpha value is -4.07. The number of halogens is 1. The van der Waals surface area contributed by atoms with E-state index in [-0.39, 0.29) is 31.3 Å². The first kappa shape index (κ1) is 25.0. The van der Waals surface area contributed by atoms with Crippen LogP contribution in [0.15, 0.2) is 73.1 Å². The van der Waals surface area contributed by atoms with Gasteiger partial charge in [0.25, 0.3) is 0 Å². The van der Waals surface area contributed by atoms with Gasteiger partial charge in [0.2, 0.25) is 17.7 Å². The molecule has 2 atom stereocenters. The number of carbonyl (C=O) groups excluding carboxylic acids is 3. The summed E-state index contributed by atoms with van der Waals surface area (Å²) in [6.45, 7) is 1.92. The van der Waals surface area contributed by atoms with Crippen LogP contribution in [-0.4, -0.2) is 46.7 Å². The minimum absolute atomic E-state index is 0.0366. The number of benzene rings is 2. The Kier molecular flexibility index (Phi) is 7.15. The molecule has 1 fully saturated rings. The second-order valence-electron chi connectivity index (χ2n) is 9.05. The third kappa shape index (κ3) is 4.84. The van der Waals surface area contributed by atoms with Crippen LogP contribution in [0.4, 0.5) is 4.39 Å². The number of rotatable bonds is 8. The predicted molar refractivity (Wildman–Crippen MR) is 131 cm³/mol. The lowest BCUT2D eigenvalue weighted by Gasteiger charge is -2.32. The summed E-state index contributed by atoms with van der Waals surface area (Å²) < 4.78 is 19.4. The minimum Gasteiger partial charge on any atom is -0.497 e. The van der Waals surface area contributed by atoms with Crippen molar-refractivity contribution in [2.75, 3.05) is 14.2 Å². The molecule has 0 saturated carbocycles. The maximum Gasteiger partial charge on any atom is 0.241 e. The topological polar surface area (TPSA) is 79.8 Å². The highest BCUT2D eigenvalue weighted by molar-refractivity contribution is 6.10. The molecule has 2 heterocycles. The van der Waals surface area contributed by atoms with Gasteiger partial charge in [-0.05, 0) is 53.9 Å². The van der Waals surface area contributed by atoms with Crippen molar-refractivity contribution >= 4 is 17.7 Å². The average Bonchev–Trinajstić information content (AvgIpc) is 3.13. The SMILES string of the molecule is COc1ccc([C@@H](C)N(C)C(=O)C[C@@]2(c3cccc(F)c3)CC(=O)N(Cc3cccnc3)C2=O)cc1. The molecule has 0 radical (unpaired) electrons. The van der Waals surface area contributed by atoms with E-state index in [0.29, 0.717) is 16.9 Å². The van der Waals surface area contributed by atoms with E-state index in [9.17, 15) is 18.8 Å². The van der Waals surface area contributed by atoms with Crippen molar-refractivity contribution in [2.45, 2.75) is 37.8 Å². The van der Waals surface area contributed by atoms with Crippen LogP contribution in [-0.2, 0) is 26.3 Å². The fourth-order valence-corrected chi connectivity index (χ4v) is 4.59. The molecule has 1 aromatic heterocycles. The highest BCUT2D eigenvalue weighted by Crippen LogP contribution is 2.41. The van der Waals surface area contributed by atoms with Gasteiger partial charge in [-0.1, -0.05) is 30.3 Å². The number of methoxy groups -OCH3 is 1. The smallest absolute Gasteiger partial charge is 0.241 e. The average molecular weight is 490 g/mol. The van der Waals surface area contributed by atoms with E-state index in [1.807, 2.05) is 31.2 Å². The van der Waals surface area contributed by atoms with Gasteiger partial charge in [0.15, 0.2) is 0 Å². The van der Waals surface area contributed by atoms with Gasteiger partial charge in [0.05, 0.1) is 25.1 Å². The number of hydrogen-bond donors (Lipinski definition) is 0. The first-order chi connectivity index (χ1) is 17.2. The third-order valence-corrected chi connectivity index (χ3v) is 6.87. The van der Waals surface area contributed by atoms with Gasteiger partial charge in [-0.2, -0.15) is 0 Å². The van der Waals surface area contributed by atoms with E-state index in [4.69, 9.17) is 4.74 Å². The Morgan fingerprint density at radius 2 is 1.92 bits per heavy atom. The normalized spacial score (nSPS) is 18.3. The van der Waals surface area contributed by atoms with Gasteiger partial charge in [-0.15, -0.1) is 0 Å². The predicted octanol–water partition coefficient (Wildman–Crippen LogP) is 4.04. The number of aromatic nitrogens is 1. The summed E-state index contributed by atoms with van der Waals surface area (Å²) in [6, 6.07) is 16.2. The summed E-state index contributed by atoms with van der Waals surface area (Å²) in [7, 11) is 3.24. The quantitative estimate of drug-likeness (QED) is 0.447. The number of amides is 3. The van der Waals surface area contributed by atoms with Crippen molar-refractivity contribution in [2.24, 2.45) is 0 Å². The lowest BCUT2D eigenvalue weighted by atomic mass is 9.75. The molecular formula is C28H28FN3O4. The number of imide groups is 1. The lowest BCUT2D eigenvalue weighted by Crippen LogP contribution is -2.43. The molecule has 4 rings (SSSR count). The molecule has 36 heavy (non-hydrogen) atoms. The Morgan fingerprint density at radius 3 is 2.56 bits per heavy atom. The Balaban J connectivity index is 1.64. The van der Waals surface area contributed by atoms with Crippen molar-refractivity contribution in [1.82, 2.24) is 14.8 Å². The monoisotopic (exact) mass is 489 g/mol. The van der Waals surface area contributed by atoms with Gasteiger partial charge in [0.1, 0.15) is 11.6 Å². The highest BCUT2D eigenvalue weighted by atomic mass is 19.1. The second-order valence-corrected chi connectivity index (χ2v) is 9.05. The minimum atomic E-state index is -1.49. The summed E-state index contributed by atoms with van der Waals surface area (Å²) in [5, 5.41) is 0. The van der Waals surface area contributed by atoms with Crippen LogP contribution in [0.3, 0.4) is 0 Å². The van der Waals surface area contributed by atoms with Crippen LogP contribution in [0.25, 0.3) is 0 Å². The maximum absolute atomic E-state index is 14.2. The molecule has 0 unspecified atom stereocenters. The van der Waals surface area contributed by atoms with Gasteiger partial charge in [-0.3, -0.25) is 24.3 Å². The summed E-state index contributed by atoms with van der Waals surface area (Å²) in [4.78, 5) is 47.2. The molecule has 7 nitrogen and oxygen atoms in total. The summed E-state index contributed by atoms with van der Waals surface area (Å²) in [6.07, 6.45) is 2.71. The first-order valence-corrected chi connectivity index (χ1v) is 11.6. The first-order valence-electron chi connectivity index (χ1n) is 11.6. The van der Waals surface area contributed by atoms with Crippen molar-refractivity contribution in [1.29, 1.82) is 0 Å². The number of likely N-dealkylation sites (tertiary alicyclic amines) is 1. The Bertz CT molecular complexity index is 1270. The standard InChI is InChI=1S/C28H28FN3O4/c1-19(21-9-11-24(36-3)12-10-21)31(2)25(33)15-28(22-7-4-8-23(29)14-22)16-26(34)32(27(28)35)18-20-6-5-13-30-17-20/h4-14,17,19H,15-16,18H2,1-3H3/t19-,28+/m1/s1. The molecule has 3 aromatic rings. The number of ether oxygens (including phenoxy) is 1. The number of pyridine rings is 1. The van der Waals surface area contributed by atoms with E-state index in [2.05, 4.69) is 4.98 Å². The molecule has 186 valence electrons.